The van der Waals surface area contributed by atoms with Crippen molar-refractivity contribution in [3.63, 3.8) is 0 Å². The van der Waals surface area contributed by atoms with Crippen LogP contribution < -0.4 is 0 Å². The highest BCUT2D eigenvalue weighted by molar-refractivity contribution is 5.80. The highest BCUT2D eigenvalue weighted by Gasteiger charge is 2.58. The zero-order valence-corrected chi connectivity index (χ0v) is 14.5. The molecule has 0 spiro atoms. The second-order valence-corrected chi connectivity index (χ2v) is 6.68. The standard InChI is InChI=1S/C19H34O3/c1-3-4-5-6-7-8-9-10-11-12-13-14-15-16-17-19(2,22-17)18(20)21/h10-11,17H,3-9,12-16H2,1-2H3,(H,20,21)/b11-10-. The maximum Gasteiger partial charge on any atom is 0.338 e. The Bertz CT molecular complexity index is 338. The molecule has 1 heterocycles. The van der Waals surface area contributed by atoms with Gasteiger partial charge in [-0.25, -0.2) is 4.79 Å². The van der Waals surface area contributed by atoms with Gasteiger partial charge in [-0.05, 0) is 39.0 Å². The van der Waals surface area contributed by atoms with Gasteiger partial charge >= 0.3 is 5.97 Å². The molecular weight excluding hydrogens is 276 g/mol. The fraction of sp³-hybridized carbons (Fsp3) is 0.842. The van der Waals surface area contributed by atoms with Crippen LogP contribution in [0.2, 0.25) is 0 Å². The molecule has 0 saturated carbocycles. The van der Waals surface area contributed by atoms with E-state index in [1.165, 1.54) is 51.4 Å². The number of allylic oxidation sites excluding steroid dienone is 2. The van der Waals surface area contributed by atoms with Gasteiger partial charge in [0.2, 0.25) is 0 Å². The summed E-state index contributed by atoms with van der Waals surface area (Å²) in [6.07, 6.45) is 19.4. The van der Waals surface area contributed by atoms with Crippen LogP contribution in [0.5, 0.6) is 0 Å². The van der Waals surface area contributed by atoms with Crippen molar-refractivity contribution in [1.82, 2.24) is 0 Å². The molecule has 2 unspecified atom stereocenters. The van der Waals surface area contributed by atoms with Gasteiger partial charge in [0.05, 0.1) is 6.10 Å². The molecule has 1 N–H and O–H groups in total. The maximum absolute atomic E-state index is 10.9. The Morgan fingerprint density at radius 1 is 1.00 bits per heavy atom. The highest BCUT2D eigenvalue weighted by atomic mass is 16.6. The summed E-state index contributed by atoms with van der Waals surface area (Å²) in [7, 11) is 0. The number of epoxide rings is 1. The molecule has 22 heavy (non-hydrogen) atoms. The first-order chi connectivity index (χ1) is 10.6. The molecule has 1 aliphatic heterocycles. The number of unbranched alkanes of at least 4 members (excludes halogenated alkanes) is 9. The summed E-state index contributed by atoms with van der Waals surface area (Å²) in [5, 5.41) is 8.95. The topological polar surface area (TPSA) is 49.8 Å². The molecule has 0 radical (unpaired) electrons. The smallest absolute Gasteiger partial charge is 0.338 e. The van der Waals surface area contributed by atoms with E-state index in [1.807, 2.05) is 0 Å². The second-order valence-electron chi connectivity index (χ2n) is 6.68. The first-order valence-corrected chi connectivity index (χ1v) is 9.17. The highest BCUT2D eigenvalue weighted by Crippen LogP contribution is 2.39. The van der Waals surface area contributed by atoms with E-state index >= 15 is 0 Å². The van der Waals surface area contributed by atoms with E-state index in [1.54, 1.807) is 6.92 Å². The molecule has 3 nitrogen and oxygen atoms in total. The molecule has 3 heteroatoms. The first-order valence-electron chi connectivity index (χ1n) is 9.17. The molecule has 0 aromatic rings. The van der Waals surface area contributed by atoms with Crippen LogP contribution in [0.1, 0.15) is 90.9 Å². The van der Waals surface area contributed by atoms with E-state index in [0.29, 0.717) is 0 Å². The molecule has 2 atom stereocenters. The van der Waals surface area contributed by atoms with Crippen LogP contribution in [0.3, 0.4) is 0 Å². The van der Waals surface area contributed by atoms with E-state index in [9.17, 15) is 4.79 Å². The van der Waals surface area contributed by atoms with E-state index in [4.69, 9.17) is 9.84 Å². The summed E-state index contributed by atoms with van der Waals surface area (Å²) in [5.74, 6) is -0.824. The van der Waals surface area contributed by atoms with Gasteiger partial charge in [0, 0.05) is 0 Å². The van der Waals surface area contributed by atoms with Gasteiger partial charge in [0.15, 0.2) is 5.60 Å². The van der Waals surface area contributed by atoms with Gasteiger partial charge in [-0.2, -0.15) is 0 Å². The van der Waals surface area contributed by atoms with Crippen molar-refractivity contribution in [2.45, 2.75) is 103 Å². The molecule has 0 aromatic carbocycles. The lowest BCUT2D eigenvalue weighted by Gasteiger charge is -2.00. The number of aliphatic carboxylic acids is 1. The van der Waals surface area contributed by atoms with Crippen LogP contribution in [0.25, 0.3) is 0 Å². The summed E-state index contributed by atoms with van der Waals surface area (Å²) < 4.78 is 5.26. The Morgan fingerprint density at radius 3 is 2.09 bits per heavy atom. The number of hydrogen-bond donors (Lipinski definition) is 1. The normalized spacial score (nSPS) is 24.0. The quantitative estimate of drug-likeness (QED) is 0.262. The maximum atomic E-state index is 10.9. The van der Waals surface area contributed by atoms with Gasteiger partial charge in [-0.15, -0.1) is 0 Å². The predicted molar refractivity (Wildman–Crippen MR) is 91.1 cm³/mol. The summed E-state index contributed by atoms with van der Waals surface area (Å²) >= 11 is 0. The molecule has 1 rings (SSSR count). The third kappa shape index (κ3) is 7.44. The van der Waals surface area contributed by atoms with Gasteiger partial charge in [-0.1, -0.05) is 64.0 Å². The Morgan fingerprint density at radius 2 is 1.55 bits per heavy atom. The van der Waals surface area contributed by atoms with Crippen LogP contribution >= 0.6 is 0 Å². The van der Waals surface area contributed by atoms with Gasteiger partial charge in [0.1, 0.15) is 0 Å². The van der Waals surface area contributed by atoms with Gasteiger partial charge in [0.25, 0.3) is 0 Å². The van der Waals surface area contributed by atoms with Crippen molar-refractivity contribution in [3.8, 4) is 0 Å². The van der Waals surface area contributed by atoms with Crippen LogP contribution in [0.15, 0.2) is 12.2 Å². The van der Waals surface area contributed by atoms with Crippen molar-refractivity contribution in [1.29, 1.82) is 0 Å². The Balaban J connectivity index is 1.82. The van der Waals surface area contributed by atoms with E-state index < -0.39 is 11.6 Å². The minimum atomic E-state index is -0.892. The molecule has 0 aliphatic carbocycles. The summed E-state index contributed by atoms with van der Waals surface area (Å²) in [5.41, 5.74) is -0.892. The predicted octanol–water partition coefficient (Wildman–Crippen LogP) is 5.49. The average Bonchev–Trinajstić information content (AvgIpc) is 3.16. The zero-order valence-electron chi connectivity index (χ0n) is 14.5. The zero-order chi connectivity index (χ0) is 16.3. The lowest BCUT2D eigenvalue weighted by atomic mass is 10.0. The molecule has 0 amide bonds. The van der Waals surface area contributed by atoms with Crippen molar-refractivity contribution in [2.75, 3.05) is 0 Å². The third-order valence-corrected chi connectivity index (χ3v) is 4.60. The monoisotopic (exact) mass is 310 g/mol. The molecule has 128 valence electrons. The summed E-state index contributed by atoms with van der Waals surface area (Å²) in [6.45, 7) is 3.93. The summed E-state index contributed by atoms with van der Waals surface area (Å²) in [4.78, 5) is 10.9. The van der Waals surface area contributed by atoms with Crippen LogP contribution in [0, 0.1) is 0 Å². The minimum Gasteiger partial charge on any atom is -0.479 e. The Labute approximate surface area is 136 Å². The number of carboxylic acid groups (broad SMARTS) is 1. The first kappa shape index (κ1) is 19.2. The molecule has 1 fully saturated rings. The lowest BCUT2D eigenvalue weighted by Crippen LogP contribution is -2.22. The number of rotatable bonds is 14. The SMILES string of the molecule is CCCCCCCC/C=C\CCCCCC1OC1(C)C(=O)O. The van der Waals surface area contributed by atoms with Crippen LogP contribution in [0.4, 0.5) is 0 Å². The van der Waals surface area contributed by atoms with Crippen molar-refractivity contribution >= 4 is 5.97 Å². The number of carboxylic acids is 1. The number of ether oxygens (including phenoxy) is 1. The fourth-order valence-electron chi connectivity index (χ4n) is 2.83. The Kier molecular flexibility index (Phi) is 9.45. The fourth-order valence-corrected chi connectivity index (χ4v) is 2.83. The lowest BCUT2D eigenvalue weighted by molar-refractivity contribution is -0.142. The van der Waals surface area contributed by atoms with E-state index in [2.05, 4.69) is 19.1 Å². The van der Waals surface area contributed by atoms with Gasteiger partial charge in [-0.3, -0.25) is 0 Å². The molecule has 1 saturated heterocycles. The van der Waals surface area contributed by atoms with Gasteiger partial charge < -0.3 is 9.84 Å². The van der Waals surface area contributed by atoms with Crippen LogP contribution in [-0.2, 0) is 9.53 Å². The average molecular weight is 310 g/mol. The molecule has 1 aliphatic rings. The number of carbonyl (C=O) groups is 1. The van der Waals surface area contributed by atoms with E-state index in [0.717, 1.165) is 25.7 Å². The van der Waals surface area contributed by atoms with Crippen LogP contribution in [-0.4, -0.2) is 22.8 Å². The molecule has 0 aromatic heterocycles. The van der Waals surface area contributed by atoms with E-state index in [-0.39, 0.29) is 6.10 Å². The third-order valence-electron chi connectivity index (χ3n) is 4.60. The summed E-state index contributed by atoms with van der Waals surface area (Å²) in [6, 6.07) is 0. The number of hydrogen-bond acceptors (Lipinski definition) is 2. The van der Waals surface area contributed by atoms with Crippen molar-refractivity contribution in [2.24, 2.45) is 0 Å². The molecule has 0 bridgehead atoms. The van der Waals surface area contributed by atoms with Crippen molar-refractivity contribution in [3.05, 3.63) is 12.2 Å². The Hall–Kier alpha value is -0.830. The van der Waals surface area contributed by atoms with Crippen molar-refractivity contribution < 1.29 is 14.6 Å². The second kappa shape index (κ2) is 10.8. The largest absolute Gasteiger partial charge is 0.479 e. The molecular formula is C19H34O3. The minimum absolute atomic E-state index is 0.0618.